The third kappa shape index (κ3) is 4.49. The Hall–Kier alpha value is -2.29. The average Bonchev–Trinajstić information content (AvgIpc) is 3.38. The topological polar surface area (TPSA) is 74.3 Å². The van der Waals surface area contributed by atoms with Crippen LogP contribution in [-0.4, -0.2) is 34.7 Å². The Morgan fingerprint density at radius 3 is 2.69 bits per heavy atom. The molecule has 0 amide bonds. The Morgan fingerprint density at radius 1 is 1.14 bits per heavy atom. The van der Waals surface area contributed by atoms with E-state index in [-0.39, 0.29) is 6.04 Å². The van der Waals surface area contributed by atoms with Crippen LogP contribution in [-0.2, 0) is 13.0 Å². The Balaban J connectivity index is 1.45. The molecule has 0 aromatic carbocycles. The first-order valence-corrected chi connectivity index (χ1v) is 10.6. The van der Waals surface area contributed by atoms with E-state index >= 15 is 0 Å². The molecule has 0 fully saturated rings. The number of halogens is 2. The van der Waals surface area contributed by atoms with Crippen molar-refractivity contribution in [2.24, 2.45) is 0 Å². The van der Waals surface area contributed by atoms with Gasteiger partial charge in [-0.25, -0.2) is 0 Å². The zero-order valence-corrected chi connectivity index (χ0v) is 18.5. The lowest BCUT2D eigenvalue weighted by atomic mass is 10.3. The summed E-state index contributed by atoms with van der Waals surface area (Å²) in [7, 11) is 0. The smallest absolute Gasteiger partial charge is 0.141 e. The lowest BCUT2D eigenvalue weighted by Gasteiger charge is -2.10. The molecule has 1 unspecified atom stereocenters. The van der Waals surface area contributed by atoms with E-state index in [1.807, 2.05) is 30.8 Å². The van der Waals surface area contributed by atoms with Crippen molar-refractivity contribution in [1.82, 2.24) is 34.7 Å². The molecule has 0 spiro atoms. The minimum atomic E-state index is 0.0469. The van der Waals surface area contributed by atoms with E-state index in [9.17, 15) is 0 Å². The molecular formula is C19H19Cl2N7S. The number of rotatable bonds is 6. The van der Waals surface area contributed by atoms with Gasteiger partial charge in [0.15, 0.2) is 0 Å². The fourth-order valence-electron chi connectivity index (χ4n) is 3.10. The third-order valence-corrected chi connectivity index (χ3v) is 6.10. The minimum Gasteiger partial charge on any atom is -0.266 e. The minimum absolute atomic E-state index is 0.0469. The molecule has 0 saturated carbocycles. The van der Waals surface area contributed by atoms with Crippen LogP contribution in [0.3, 0.4) is 0 Å². The summed E-state index contributed by atoms with van der Waals surface area (Å²) in [5.74, 6) is 0. The Morgan fingerprint density at radius 2 is 1.97 bits per heavy atom. The van der Waals surface area contributed by atoms with Gasteiger partial charge in [-0.3, -0.25) is 14.3 Å². The summed E-state index contributed by atoms with van der Waals surface area (Å²) in [6, 6.07) is 5.76. The van der Waals surface area contributed by atoms with Crippen LogP contribution in [0.1, 0.15) is 45.8 Å². The van der Waals surface area contributed by atoms with E-state index in [1.165, 1.54) is 0 Å². The predicted molar refractivity (Wildman–Crippen MR) is 114 cm³/mol. The molecule has 0 N–H and O–H groups in total. The van der Waals surface area contributed by atoms with E-state index in [0.29, 0.717) is 23.0 Å². The monoisotopic (exact) mass is 447 g/mol. The quantitative estimate of drug-likeness (QED) is 0.434. The maximum Gasteiger partial charge on any atom is 0.141 e. The predicted octanol–water partition coefficient (Wildman–Crippen LogP) is 4.50. The fourth-order valence-corrected chi connectivity index (χ4v) is 4.44. The van der Waals surface area contributed by atoms with Crippen LogP contribution in [0.4, 0.5) is 0 Å². The maximum atomic E-state index is 6.20. The summed E-state index contributed by atoms with van der Waals surface area (Å²) in [5, 5.41) is 20.8. The van der Waals surface area contributed by atoms with Gasteiger partial charge in [0.05, 0.1) is 33.7 Å². The summed E-state index contributed by atoms with van der Waals surface area (Å²) in [4.78, 5) is 4.27. The number of aromatic nitrogens is 7. The lowest BCUT2D eigenvalue weighted by molar-refractivity contribution is 0.540. The summed E-state index contributed by atoms with van der Waals surface area (Å²) < 4.78 is 3.79. The Bertz CT molecular complexity index is 1150. The van der Waals surface area contributed by atoms with Gasteiger partial charge in [0, 0.05) is 24.5 Å². The van der Waals surface area contributed by atoms with Crippen molar-refractivity contribution in [2.45, 2.75) is 39.8 Å². The lowest BCUT2D eigenvalue weighted by Crippen LogP contribution is -2.10. The summed E-state index contributed by atoms with van der Waals surface area (Å²) in [6.07, 6.45) is 4.11. The van der Waals surface area contributed by atoms with Crippen LogP contribution in [0, 0.1) is 13.8 Å². The van der Waals surface area contributed by atoms with E-state index in [1.54, 1.807) is 28.3 Å². The van der Waals surface area contributed by atoms with Crippen molar-refractivity contribution in [1.29, 1.82) is 0 Å². The van der Waals surface area contributed by atoms with Gasteiger partial charge in [0.25, 0.3) is 0 Å². The zero-order valence-electron chi connectivity index (χ0n) is 16.2. The molecule has 0 bridgehead atoms. The van der Waals surface area contributed by atoms with Crippen molar-refractivity contribution in [3.8, 4) is 0 Å². The molecule has 4 rings (SSSR count). The molecule has 150 valence electrons. The van der Waals surface area contributed by atoms with Crippen molar-refractivity contribution >= 4 is 34.5 Å². The van der Waals surface area contributed by atoms with Crippen LogP contribution in [0.25, 0.3) is 0 Å². The van der Waals surface area contributed by atoms with E-state index in [0.717, 1.165) is 32.8 Å². The zero-order chi connectivity index (χ0) is 20.5. The number of aryl methyl sites for hydroxylation is 2. The molecule has 0 aliphatic carbocycles. The highest BCUT2D eigenvalue weighted by Gasteiger charge is 2.17. The molecule has 10 heteroatoms. The number of hydrogen-bond acceptors (Lipinski definition) is 6. The van der Waals surface area contributed by atoms with Crippen LogP contribution < -0.4 is 0 Å². The number of pyridine rings is 1. The van der Waals surface area contributed by atoms with Crippen LogP contribution >= 0.6 is 34.5 Å². The number of hydrogen-bond donors (Lipinski definition) is 0. The summed E-state index contributed by atoms with van der Waals surface area (Å²) in [5.41, 5.74) is 3.75. The maximum absolute atomic E-state index is 6.20. The SMILES string of the molecule is Cc1cc(C)n(C(C)c2nnc(Cc3ccn(Cc4ncc(Cl)cc4Cl)n3)s2)n1. The number of nitrogens with zero attached hydrogens (tertiary/aromatic N) is 7. The first kappa shape index (κ1) is 20.0. The Kier molecular flexibility index (Phi) is 5.67. The van der Waals surface area contributed by atoms with E-state index < -0.39 is 0 Å². The van der Waals surface area contributed by atoms with Crippen LogP contribution in [0.5, 0.6) is 0 Å². The average molecular weight is 448 g/mol. The molecule has 0 aliphatic rings. The van der Waals surface area contributed by atoms with Gasteiger partial charge in [0.1, 0.15) is 16.1 Å². The Labute approximate surface area is 182 Å². The molecule has 0 aliphatic heterocycles. The van der Waals surface area contributed by atoms with E-state index in [4.69, 9.17) is 23.2 Å². The highest BCUT2D eigenvalue weighted by Crippen LogP contribution is 2.24. The van der Waals surface area contributed by atoms with Crippen LogP contribution in [0.2, 0.25) is 10.0 Å². The molecule has 0 radical (unpaired) electrons. The molecule has 4 aromatic heterocycles. The van der Waals surface area contributed by atoms with Gasteiger partial charge in [0.2, 0.25) is 0 Å². The summed E-state index contributed by atoms with van der Waals surface area (Å²) >= 11 is 13.7. The van der Waals surface area contributed by atoms with Gasteiger partial charge >= 0.3 is 0 Å². The van der Waals surface area contributed by atoms with Gasteiger partial charge in [-0.1, -0.05) is 34.5 Å². The molecule has 7 nitrogen and oxygen atoms in total. The normalized spacial score (nSPS) is 12.4. The molecular weight excluding hydrogens is 429 g/mol. The molecule has 0 saturated heterocycles. The largest absolute Gasteiger partial charge is 0.266 e. The van der Waals surface area contributed by atoms with Crippen molar-refractivity contribution in [3.63, 3.8) is 0 Å². The fraction of sp³-hybridized carbons (Fsp3) is 0.316. The molecule has 4 heterocycles. The van der Waals surface area contributed by atoms with Crippen molar-refractivity contribution in [2.75, 3.05) is 0 Å². The van der Waals surface area contributed by atoms with Crippen molar-refractivity contribution < 1.29 is 0 Å². The highest BCUT2D eigenvalue weighted by molar-refractivity contribution is 7.11. The van der Waals surface area contributed by atoms with Crippen molar-refractivity contribution in [3.05, 3.63) is 73.4 Å². The first-order chi connectivity index (χ1) is 13.9. The first-order valence-electron chi connectivity index (χ1n) is 9.06. The van der Waals surface area contributed by atoms with Crippen LogP contribution in [0.15, 0.2) is 30.6 Å². The van der Waals surface area contributed by atoms with Gasteiger partial charge in [-0.2, -0.15) is 10.2 Å². The van der Waals surface area contributed by atoms with Gasteiger partial charge in [-0.05, 0) is 39.0 Å². The molecule has 4 aromatic rings. The second-order valence-electron chi connectivity index (χ2n) is 6.85. The van der Waals surface area contributed by atoms with E-state index in [2.05, 4.69) is 38.4 Å². The van der Waals surface area contributed by atoms with Gasteiger partial charge in [-0.15, -0.1) is 10.2 Å². The molecule has 1 atom stereocenters. The third-order valence-electron chi connectivity index (χ3n) is 4.48. The second-order valence-corrected chi connectivity index (χ2v) is 8.78. The van der Waals surface area contributed by atoms with Gasteiger partial charge < -0.3 is 0 Å². The summed E-state index contributed by atoms with van der Waals surface area (Å²) in [6.45, 7) is 6.60. The molecule has 29 heavy (non-hydrogen) atoms. The highest BCUT2D eigenvalue weighted by atomic mass is 35.5. The second kappa shape index (κ2) is 8.22. The standard InChI is InChI=1S/C19H19Cl2N7S/c1-11-6-12(2)28(25-11)13(3)19-24-23-18(29-19)8-15-4-5-27(26-15)10-17-16(21)7-14(20)9-22-17/h4-7,9,13H,8,10H2,1-3H3.